The summed E-state index contributed by atoms with van der Waals surface area (Å²) < 4.78 is 13.2. The molecule has 9 nitrogen and oxygen atoms in total. The highest BCUT2D eigenvalue weighted by Gasteiger charge is 2.30. The number of likely N-dealkylation sites (tertiary alicyclic amines) is 1. The van der Waals surface area contributed by atoms with Gasteiger partial charge in [0.15, 0.2) is 0 Å². The molecule has 0 aliphatic carbocycles. The van der Waals surface area contributed by atoms with E-state index in [0.29, 0.717) is 24.6 Å². The molecule has 10 heteroatoms. The first-order chi connectivity index (χ1) is 17.8. The molecule has 2 aromatic carbocycles. The van der Waals surface area contributed by atoms with Crippen LogP contribution in [0.1, 0.15) is 34.3 Å². The second-order valence-electron chi connectivity index (χ2n) is 8.80. The lowest BCUT2D eigenvalue weighted by molar-refractivity contribution is -0.134. The average Bonchev–Trinajstić information content (AvgIpc) is 3.19. The molecule has 0 unspecified atom stereocenters. The second-order valence-corrected chi connectivity index (χ2v) is 8.80. The fourth-order valence-electron chi connectivity index (χ4n) is 4.38. The molecule has 0 radical (unpaired) electrons. The molecule has 2 aromatic rings. The topological polar surface area (TPSA) is 120 Å². The number of rotatable bonds is 8. The normalized spacial score (nSPS) is 16.3. The summed E-state index contributed by atoms with van der Waals surface area (Å²) in [5.41, 5.74) is 3.66. The molecule has 0 spiro atoms. The van der Waals surface area contributed by atoms with Crippen LogP contribution in [0.15, 0.2) is 65.8 Å². The van der Waals surface area contributed by atoms with E-state index in [-0.39, 0.29) is 11.7 Å². The zero-order chi connectivity index (χ0) is 26.8. The number of oxime groups is 1. The molecule has 2 heterocycles. The molecular formula is C27H30FN3O6. The Balaban J connectivity index is 0.000000414. The van der Waals surface area contributed by atoms with E-state index in [9.17, 15) is 18.8 Å². The minimum atomic E-state index is -1.26. The minimum Gasteiger partial charge on any atom is -0.478 e. The lowest BCUT2D eigenvalue weighted by Crippen LogP contribution is -2.41. The minimum absolute atomic E-state index is 0.161. The van der Waals surface area contributed by atoms with Crippen LogP contribution in [0.3, 0.4) is 0 Å². The Hall–Kier alpha value is -4.05. The van der Waals surface area contributed by atoms with E-state index in [4.69, 9.17) is 15.1 Å². The van der Waals surface area contributed by atoms with Gasteiger partial charge in [0.25, 0.3) is 5.91 Å². The quantitative estimate of drug-likeness (QED) is 0.317. The summed E-state index contributed by atoms with van der Waals surface area (Å²) in [6, 6.07) is 14.2. The maximum absolute atomic E-state index is 13.2. The summed E-state index contributed by atoms with van der Waals surface area (Å²) in [5.74, 6) is -2.10. The third kappa shape index (κ3) is 8.25. The van der Waals surface area contributed by atoms with Gasteiger partial charge < -0.3 is 20.0 Å². The van der Waals surface area contributed by atoms with Crippen molar-refractivity contribution in [3.05, 3.63) is 83.2 Å². The number of carbonyl (C=O) groups excluding carboxylic acids is 1. The maximum atomic E-state index is 13.2. The molecule has 2 N–H and O–H groups in total. The van der Waals surface area contributed by atoms with Crippen molar-refractivity contribution in [1.82, 2.24) is 9.80 Å². The summed E-state index contributed by atoms with van der Waals surface area (Å²) >= 11 is 0. The van der Waals surface area contributed by atoms with E-state index in [1.807, 2.05) is 29.2 Å². The molecule has 1 fully saturated rings. The van der Waals surface area contributed by atoms with E-state index >= 15 is 0 Å². The number of nitrogens with zero attached hydrogens (tertiary/aromatic N) is 3. The van der Waals surface area contributed by atoms with E-state index in [1.54, 1.807) is 12.1 Å². The molecule has 37 heavy (non-hydrogen) atoms. The van der Waals surface area contributed by atoms with Crippen LogP contribution in [0.25, 0.3) is 0 Å². The smallest absolute Gasteiger partial charge is 0.328 e. The van der Waals surface area contributed by atoms with Crippen LogP contribution < -0.4 is 0 Å². The predicted molar refractivity (Wildman–Crippen MR) is 135 cm³/mol. The van der Waals surface area contributed by atoms with Gasteiger partial charge in [-0.1, -0.05) is 35.5 Å². The number of piperidine rings is 1. The first-order valence-corrected chi connectivity index (χ1v) is 11.9. The van der Waals surface area contributed by atoms with E-state index in [2.05, 4.69) is 10.1 Å². The first kappa shape index (κ1) is 27.5. The van der Waals surface area contributed by atoms with Gasteiger partial charge in [-0.15, -0.1) is 0 Å². The third-order valence-electron chi connectivity index (χ3n) is 6.20. The highest BCUT2D eigenvalue weighted by atomic mass is 19.1. The molecule has 0 atom stereocenters. The van der Waals surface area contributed by atoms with Gasteiger partial charge in [0.1, 0.15) is 18.6 Å². The van der Waals surface area contributed by atoms with Crippen molar-refractivity contribution in [2.45, 2.75) is 19.4 Å². The van der Waals surface area contributed by atoms with E-state index in [0.717, 1.165) is 61.4 Å². The van der Waals surface area contributed by atoms with Crippen LogP contribution in [0.5, 0.6) is 0 Å². The molecule has 0 aromatic heterocycles. The SMILES string of the molecule is CON=C(CN1CCC(CN2Cc3ccccc3C2=O)CC1)c1ccc(F)cc1.O=C(O)C=CC(=O)O. The van der Waals surface area contributed by atoms with Crippen molar-refractivity contribution >= 4 is 23.6 Å². The van der Waals surface area contributed by atoms with E-state index in [1.165, 1.54) is 19.2 Å². The molecule has 1 amide bonds. The second kappa shape index (κ2) is 13.3. The monoisotopic (exact) mass is 511 g/mol. The average molecular weight is 512 g/mol. The molecule has 2 aliphatic rings. The number of carbonyl (C=O) groups is 3. The number of hydrogen-bond acceptors (Lipinski definition) is 6. The van der Waals surface area contributed by atoms with Crippen LogP contribution in [0.2, 0.25) is 0 Å². The Morgan fingerprint density at radius 3 is 2.24 bits per heavy atom. The Bertz CT molecular complexity index is 1140. The number of halogens is 1. The lowest BCUT2D eigenvalue weighted by Gasteiger charge is -2.34. The van der Waals surface area contributed by atoms with E-state index < -0.39 is 11.9 Å². The number of amides is 1. The molecular weight excluding hydrogens is 481 g/mol. The van der Waals surface area contributed by atoms with Gasteiger partial charge >= 0.3 is 11.9 Å². The summed E-state index contributed by atoms with van der Waals surface area (Å²) in [6.07, 6.45) is 3.21. The standard InChI is InChI=1S/C23H26FN3O2.C4H4O4/c1-29-25-22(18-6-8-20(24)9-7-18)16-26-12-10-17(11-13-26)14-27-15-19-4-2-3-5-21(19)23(27)28;5-3(6)1-2-4(7)8/h2-9,17H,10-16H2,1H3;1-2H,(H,5,6)(H,7,8). The maximum Gasteiger partial charge on any atom is 0.328 e. The van der Waals surface area contributed by atoms with Crippen molar-refractivity contribution in [2.75, 3.05) is 33.3 Å². The van der Waals surface area contributed by atoms with Crippen LogP contribution >= 0.6 is 0 Å². The highest BCUT2D eigenvalue weighted by Crippen LogP contribution is 2.26. The Morgan fingerprint density at radius 1 is 1.05 bits per heavy atom. The molecule has 196 valence electrons. The Labute approximate surface area is 214 Å². The molecule has 1 saturated heterocycles. The number of benzene rings is 2. The lowest BCUT2D eigenvalue weighted by atomic mass is 9.95. The van der Waals surface area contributed by atoms with Crippen LogP contribution in [-0.2, 0) is 21.0 Å². The zero-order valence-electron chi connectivity index (χ0n) is 20.5. The van der Waals surface area contributed by atoms with Crippen LogP contribution in [-0.4, -0.2) is 76.9 Å². The highest BCUT2D eigenvalue weighted by molar-refractivity contribution is 6.01. The Morgan fingerprint density at radius 2 is 1.68 bits per heavy atom. The van der Waals surface area contributed by atoms with Gasteiger partial charge in [-0.2, -0.15) is 0 Å². The molecule has 2 aliphatic heterocycles. The van der Waals surface area contributed by atoms with Crippen LogP contribution in [0, 0.1) is 11.7 Å². The van der Waals surface area contributed by atoms with Gasteiger partial charge in [0, 0.05) is 42.9 Å². The van der Waals surface area contributed by atoms with Gasteiger partial charge in [-0.3, -0.25) is 9.69 Å². The number of hydrogen-bond donors (Lipinski definition) is 2. The number of aliphatic carboxylic acids is 2. The molecule has 4 rings (SSSR count). The summed E-state index contributed by atoms with van der Waals surface area (Å²) in [4.78, 5) is 41.0. The van der Waals surface area contributed by atoms with Crippen LogP contribution in [0.4, 0.5) is 4.39 Å². The number of fused-ring (bicyclic) bond motifs is 1. The number of carboxylic acid groups (broad SMARTS) is 2. The third-order valence-corrected chi connectivity index (χ3v) is 6.20. The zero-order valence-corrected chi connectivity index (χ0v) is 20.5. The van der Waals surface area contributed by atoms with Crippen molar-refractivity contribution in [3.63, 3.8) is 0 Å². The van der Waals surface area contributed by atoms with Crippen molar-refractivity contribution < 1.29 is 33.8 Å². The van der Waals surface area contributed by atoms with Crippen molar-refractivity contribution in [1.29, 1.82) is 0 Å². The summed E-state index contributed by atoms with van der Waals surface area (Å²) in [5, 5.41) is 19.8. The first-order valence-electron chi connectivity index (χ1n) is 11.9. The van der Waals surface area contributed by atoms with Gasteiger partial charge in [-0.05, 0) is 55.6 Å². The number of carboxylic acids is 2. The van der Waals surface area contributed by atoms with Gasteiger partial charge in [0.05, 0.1) is 0 Å². The Kier molecular flexibility index (Phi) is 9.91. The fraction of sp³-hybridized carbons (Fsp3) is 0.333. The van der Waals surface area contributed by atoms with Crippen molar-refractivity contribution in [2.24, 2.45) is 11.1 Å². The largest absolute Gasteiger partial charge is 0.478 e. The predicted octanol–water partition coefficient (Wildman–Crippen LogP) is 3.26. The van der Waals surface area contributed by atoms with Crippen molar-refractivity contribution in [3.8, 4) is 0 Å². The summed E-state index contributed by atoms with van der Waals surface area (Å²) in [7, 11) is 1.53. The fourth-order valence-corrected chi connectivity index (χ4v) is 4.38. The molecule has 0 saturated carbocycles. The van der Waals surface area contributed by atoms with Gasteiger partial charge in [-0.25, -0.2) is 14.0 Å². The molecule has 0 bridgehead atoms. The van der Waals surface area contributed by atoms with Gasteiger partial charge in [0.2, 0.25) is 0 Å². The summed E-state index contributed by atoms with van der Waals surface area (Å²) in [6.45, 7) is 4.11.